The highest BCUT2D eigenvalue weighted by Crippen LogP contribution is 2.39. The molecule has 1 aromatic heterocycles. The van der Waals surface area contributed by atoms with Crippen molar-refractivity contribution in [1.82, 2.24) is 9.97 Å². The van der Waals surface area contributed by atoms with Gasteiger partial charge in [-0.15, -0.1) is 0 Å². The van der Waals surface area contributed by atoms with Gasteiger partial charge in [0.25, 0.3) is 0 Å². The molecule has 0 unspecified atom stereocenters. The average Bonchev–Trinajstić information content (AvgIpc) is 3.09. The van der Waals surface area contributed by atoms with Crippen molar-refractivity contribution in [2.45, 2.75) is 13.8 Å². The Morgan fingerprint density at radius 3 is 2.22 bits per heavy atom. The third-order valence-corrected chi connectivity index (χ3v) is 5.24. The first-order valence-corrected chi connectivity index (χ1v) is 9.47. The van der Waals surface area contributed by atoms with Crippen LogP contribution >= 0.6 is 23.2 Å². The van der Waals surface area contributed by atoms with E-state index in [1.54, 1.807) is 0 Å². The lowest BCUT2D eigenvalue weighted by molar-refractivity contribution is 1.30. The molecule has 0 radical (unpaired) electrons. The SMILES string of the molecule is Cc1ccc(C)c(-c2nc(-c3c(Cl)cccc3Cl)[nH]c2-c2ccccc2)c1. The highest BCUT2D eigenvalue weighted by atomic mass is 35.5. The monoisotopic (exact) mass is 392 g/mol. The van der Waals surface area contributed by atoms with Gasteiger partial charge in [0.2, 0.25) is 0 Å². The highest BCUT2D eigenvalue weighted by molar-refractivity contribution is 6.39. The summed E-state index contributed by atoms with van der Waals surface area (Å²) in [5.74, 6) is 0.667. The third-order valence-electron chi connectivity index (χ3n) is 4.61. The number of imidazole rings is 1. The summed E-state index contributed by atoms with van der Waals surface area (Å²) in [6.45, 7) is 4.18. The molecule has 0 amide bonds. The van der Waals surface area contributed by atoms with E-state index in [2.05, 4.69) is 49.2 Å². The average molecular weight is 393 g/mol. The molecule has 0 saturated heterocycles. The van der Waals surface area contributed by atoms with Gasteiger partial charge in [0.15, 0.2) is 0 Å². The maximum Gasteiger partial charge on any atom is 0.141 e. The first kappa shape index (κ1) is 17.8. The predicted octanol–water partition coefficient (Wildman–Crippen LogP) is 7.33. The number of hydrogen-bond acceptors (Lipinski definition) is 1. The van der Waals surface area contributed by atoms with Crippen LogP contribution in [0.3, 0.4) is 0 Å². The second kappa shape index (κ2) is 7.22. The van der Waals surface area contributed by atoms with E-state index in [4.69, 9.17) is 28.2 Å². The molecule has 0 fully saturated rings. The first-order valence-electron chi connectivity index (χ1n) is 8.72. The standard InChI is InChI=1S/C23H18Cl2N2/c1-14-11-12-15(2)17(13-14)22-21(16-7-4-3-5-8-16)26-23(27-22)20-18(24)9-6-10-19(20)25/h3-13H,1-2H3,(H,26,27). The number of nitrogens with one attached hydrogen (secondary N) is 1. The molecule has 0 aliphatic rings. The fourth-order valence-corrected chi connectivity index (χ4v) is 3.79. The van der Waals surface area contributed by atoms with Crippen molar-refractivity contribution in [1.29, 1.82) is 0 Å². The molecule has 0 saturated carbocycles. The number of rotatable bonds is 3. The fourth-order valence-electron chi connectivity index (χ4n) is 3.22. The van der Waals surface area contributed by atoms with Gasteiger partial charge in [-0.3, -0.25) is 0 Å². The molecule has 0 bridgehead atoms. The summed E-state index contributed by atoms with van der Waals surface area (Å²) in [7, 11) is 0. The van der Waals surface area contributed by atoms with Gasteiger partial charge in [-0.2, -0.15) is 0 Å². The Morgan fingerprint density at radius 2 is 1.52 bits per heavy atom. The lowest BCUT2D eigenvalue weighted by atomic mass is 9.99. The molecule has 3 aromatic carbocycles. The minimum Gasteiger partial charge on any atom is -0.337 e. The van der Waals surface area contributed by atoms with Crippen LogP contribution in [0, 0.1) is 13.8 Å². The summed E-state index contributed by atoms with van der Waals surface area (Å²) in [5.41, 5.74) is 7.09. The topological polar surface area (TPSA) is 28.7 Å². The molecule has 1 heterocycles. The molecule has 27 heavy (non-hydrogen) atoms. The lowest BCUT2D eigenvalue weighted by Crippen LogP contribution is -1.88. The van der Waals surface area contributed by atoms with Crippen LogP contribution < -0.4 is 0 Å². The number of hydrogen-bond donors (Lipinski definition) is 1. The number of H-pyrrole nitrogens is 1. The Bertz CT molecular complexity index is 1090. The summed E-state index contributed by atoms with van der Waals surface area (Å²) in [6.07, 6.45) is 0. The van der Waals surface area contributed by atoms with E-state index in [0.29, 0.717) is 15.9 Å². The molecule has 0 aliphatic carbocycles. The zero-order valence-electron chi connectivity index (χ0n) is 15.1. The number of nitrogens with zero attached hydrogens (tertiary/aromatic N) is 1. The first-order chi connectivity index (χ1) is 13.0. The van der Waals surface area contributed by atoms with Crippen LogP contribution in [-0.4, -0.2) is 9.97 Å². The van der Waals surface area contributed by atoms with Gasteiger partial charge < -0.3 is 4.98 Å². The summed E-state index contributed by atoms with van der Waals surface area (Å²) in [4.78, 5) is 8.39. The molecule has 4 aromatic rings. The Labute approximate surface area is 168 Å². The smallest absolute Gasteiger partial charge is 0.141 e. The van der Waals surface area contributed by atoms with Crippen molar-refractivity contribution in [3.8, 4) is 33.9 Å². The van der Waals surface area contributed by atoms with E-state index < -0.39 is 0 Å². The van der Waals surface area contributed by atoms with Crippen LogP contribution in [0.2, 0.25) is 10.0 Å². The normalized spacial score (nSPS) is 11.0. The number of halogens is 2. The fraction of sp³-hybridized carbons (Fsp3) is 0.0870. The number of aromatic amines is 1. The van der Waals surface area contributed by atoms with Crippen LogP contribution in [0.25, 0.3) is 33.9 Å². The summed E-state index contributed by atoms with van der Waals surface area (Å²) < 4.78 is 0. The molecule has 134 valence electrons. The van der Waals surface area contributed by atoms with E-state index in [1.165, 1.54) is 11.1 Å². The van der Waals surface area contributed by atoms with E-state index in [-0.39, 0.29) is 0 Å². The van der Waals surface area contributed by atoms with Crippen LogP contribution in [0.5, 0.6) is 0 Å². The van der Waals surface area contributed by atoms with Crippen LogP contribution in [0.15, 0.2) is 66.7 Å². The van der Waals surface area contributed by atoms with E-state index in [0.717, 1.165) is 28.1 Å². The molecular formula is C23H18Cl2N2. The quantitative estimate of drug-likeness (QED) is 0.388. The zero-order chi connectivity index (χ0) is 19.0. The molecule has 0 spiro atoms. The van der Waals surface area contributed by atoms with Gasteiger partial charge in [-0.05, 0) is 37.6 Å². The number of benzene rings is 3. The van der Waals surface area contributed by atoms with Crippen LogP contribution in [0.1, 0.15) is 11.1 Å². The van der Waals surface area contributed by atoms with Crippen molar-refractivity contribution in [3.05, 3.63) is 87.9 Å². The van der Waals surface area contributed by atoms with Gasteiger partial charge in [-0.25, -0.2) is 4.98 Å². The Balaban J connectivity index is 2.00. The minimum atomic E-state index is 0.573. The van der Waals surface area contributed by atoms with Gasteiger partial charge in [-0.1, -0.05) is 77.3 Å². The molecule has 0 aliphatic heterocycles. The molecule has 4 rings (SSSR count). The maximum absolute atomic E-state index is 6.43. The van der Waals surface area contributed by atoms with Gasteiger partial charge in [0.1, 0.15) is 5.82 Å². The van der Waals surface area contributed by atoms with Crippen molar-refractivity contribution in [3.63, 3.8) is 0 Å². The van der Waals surface area contributed by atoms with Crippen molar-refractivity contribution in [2.24, 2.45) is 0 Å². The van der Waals surface area contributed by atoms with Gasteiger partial charge >= 0.3 is 0 Å². The van der Waals surface area contributed by atoms with Crippen LogP contribution in [-0.2, 0) is 0 Å². The second-order valence-electron chi connectivity index (χ2n) is 6.59. The number of aromatic nitrogens is 2. The predicted molar refractivity (Wildman–Crippen MR) is 114 cm³/mol. The molecule has 4 heteroatoms. The van der Waals surface area contributed by atoms with Crippen molar-refractivity contribution >= 4 is 23.2 Å². The van der Waals surface area contributed by atoms with Crippen molar-refractivity contribution in [2.75, 3.05) is 0 Å². The van der Waals surface area contributed by atoms with Gasteiger partial charge in [0, 0.05) is 11.1 Å². The summed E-state index contributed by atoms with van der Waals surface area (Å²) in [6, 6.07) is 22.1. The third kappa shape index (κ3) is 3.39. The second-order valence-corrected chi connectivity index (χ2v) is 7.40. The Hall–Kier alpha value is -2.55. The minimum absolute atomic E-state index is 0.573. The molecule has 2 nitrogen and oxygen atoms in total. The molecule has 1 N–H and O–H groups in total. The van der Waals surface area contributed by atoms with Crippen LogP contribution in [0.4, 0.5) is 0 Å². The Kier molecular flexibility index (Phi) is 4.77. The summed E-state index contributed by atoms with van der Waals surface area (Å²) in [5, 5.41) is 1.15. The van der Waals surface area contributed by atoms with E-state index in [1.807, 2.05) is 36.4 Å². The number of aryl methyl sites for hydroxylation is 2. The van der Waals surface area contributed by atoms with Crippen molar-refractivity contribution < 1.29 is 0 Å². The largest absolute Gasteiger partial charge is 0.337 e. The van der Waals surface area contributed by atoms with E-state index >= 15 is 0 Å². The lowest BCUT2D eigenvalue weighted by Gasteiger charge is -2.07. The zero-order valence-corrected chi connectivity index (χ0v) is 16.6. The summed E-state index contributed by atoms with van der Waals surface area (Å²) >= 11 is 12.9. The molecule has 0 atom stereocenters. The maximum atomic E-state index is 6.43. The Morgan fingerprint density at radius 1 is 0.815 bits per heavy atom. The van der Waals surface area contributed by atoms with Gasteiger partial charge in [0.05, 0.1) is 27.0 Å². The highest BCUT2D eigenvalue weighted by Gasteiger charge is 2.19. The molecular weight excluding hydrogens is 375 g/mol. The van der Waals surface area contributed by atoms with E-state index in [9.17, 15) is 0 Å².